The van der Waals surface area contributed by atoms with Gasteiger partial charge in [0, 0.05) is 30.7 Å². The summed E-state index contributed by atoms with van der Waals surface area (Å²) >= 11 is 0. The SMILES string of the molecule is CCCCCCCCN(C)c1ccc(Nc2ccccc2)cc1. The van der Waals surface area contributed by atoms with Gasteiger partial charge in [0.25, 0.3) is 0 Å². The summed E-state index contributed by atoms with van der Waals surface area (Å²) in [6, 6.07) is 19.0. The molecule has 0 aromatic heterocycles. The molecule has 0 saturated heterocycles. The molecule has 23 heavy (non-hydrogen) atoms. The molecule has 2 aromatic carbocycles. The third-order valence-electron chi connectivity index (χ3n) is 4.22. The monoisotopic (exact) mass is 310 g/mol. The summed E-state index contributed by atoms with van der Waals surface area (Å²) in [5.74, 6) is 0. The van der Waals surface area contributed by atoms with E-state index in [4.69, 9.17) is 0 Å². The molecule has 0 aliphatic heterocycles. The van der Waals surface area contributed by atoms with Crippen molar-refractivity contribution in [3.8, 4) is 0 Å². The molecule has 2 nitrogen and oxygen atoms in total. The van der Waals surface area contributed by atoms with Gasteiger partial charge in [-0.25, -0.2) is 0 Å². The molecule has 0 spiro atoms. The molecule has 0 atom stereocenters. The van der Waals surface area contributed by atoms with E-state index in [0.717, 1.165) is 17.9 Å². The van der Waals surface area contributed by atoms with Crippen LogP contribution in [0.4, 0.5) is 17.1 Å². The van der Waals surface area contributed by atoms with E-state index in [1.807, 2.05) is 18.2 Å². The maximum absolute atomic E-state index is 3.42. The first-order valence-electron chi connectivity index (χ1n) is 8.93. The number of nitrogens with zero attached hydrogens (tertiary/aromatic N) is 1. The molecule has 0 radical (unpaired) electrons. The molecule has 0 heterocycles. The van der Waals surface area contributed by atoms with E-state index in [9.17, 15) is 0 Å². The Hall–Kier alpha value is -1.96. The summed E-state index contributed by atoms with van der Waals surface area (Å²) in [5.41, 5.74) is 3.55. The Morgan fingerprint density at radius 1 is 0.739 bits per heavy atom. The van der Waals surface area contributed by atoms with Crippen LogP contribution in [0.15, 0.2) is 54.6 Å². The number of hydrogen-bond acceptors (Lipinski definition) is 2. The van der Waals surface area contributed by atoms with E-state index >= 15 is 0 Å². The zero-order valence-corrected chi connectivity index (χ0v) is 14.6. The molecule has 0 unspecified atom stereocenters. The smallest absolute Gasteiger partial charge is 0.0385 e. The van der Waals surface area contributed by atoms with Gasteiger partial charge >= 0.3 is 0 Å². The van der Waals surface area contributed by atoms with Crippen molar-refractivity contribution in [2.24, 2.45) is 0 Å². The fourth-order valence-corrected chi connectivity index (χ4v) is 2.75. The molecule has 2 aromatic rings. The molecular weight excluding hydrogens is 280 g/mol. The van der Waals surface area contributed by atoms with Crippen LogP contribution in [0.1, 0.15) is 45.4 Å². The fourth-order valence-electron chi connectivity index (χ4n) is 2.75. The number of para-hydroxylation sites is 1. The minimum Gasteiger partial charge on any atom is -0.375 e. The van der Waals surface area contributed by atoms with Crippen molar-refractivity contribution in [2.45, 2.75) is 45.4 Å². The van der Waals surface area contributed by atoms with Gasteiger partial charge in [0.2, 0.25) is 0 Å². The van der Waals surface area contributed by atoms with Gasteiger partial charge in [-0.3, -0.25) is 0 Å². The Bertz CT molecular complexity index is 534. The van der Waals surface area contributed by atoms with Crippen LogP contribution in [0.5, 0.6) is 0 Å². The van der Waals surface area contributed by atoms with Crippen molar-refractivity contribution < 1.29 is 0 Å². The van der Waals surface area contributed by atoms with Gasteiger partial charge in [-0.15, -0.1) is 0 Å². The summed E-state index contributed by atoms with van der Waals surface area (Å²) < 4.78 is 0. The zero-order chi connectivity index (χ0) is 16.3. The van der Waals surface area contributed by atoms with Crippen LogP contribution < -0.4 is 10.2 Å². The second-order valence-electron chi connectivity index (χ2n) is 6.23. The Morgan fingerprint density at radius 2 is 1.35 bits per heavy atom. The highest BCUT2D eigenvalue weighted by atomic mass is 15.1. The van der Waals surface area contributed by atoms with Gasteiger partial charge in [-0.1, -0.05) is 57.2 Å². The van der Waals surface area contributed by atoms with Crippen LogP contribution in [-0.2, 0) is 0 Å². The first-order valence-corrected chi connectivity index (χ1v) is 8.93. The van der Waals surface area contributed by atoms with Crippen molar-refractivity contribution in [2.75, 3.05) is 23.8 Å². The summed E-state index contributed by atoms with van der Waals surface area (Å²) in [6.45, 7) is 3.40. The molecule has 0 fully saturated rings. The van der Waals surface area contributed by atoms with E-state index in [1.54, 1.807) is 0 Å². The summed E-state index contributed by atoms with van der Waals surface area (Å²) in [6.07, 6.45) is 8.10. The highest BCUT2D eigenvalue weighted by molar-refractivity contribution is 5.62. The third kappa shape index (κ3) is 6.35. The topological polar surface area (TPSA) is 15.3 Å². The second kappa shape index (κ2) is 9.94. The molecule has 0 aliphatic carbocycles. The van der Waals surface area contributed by atoms with Crippen molar-refractivity contribution in [1.82, 2.24) is 0 Å². The van der Waals surface area contributed by atoms with Crippen LogP contribution in [0, 0.1) is 0 Å². The molecule has 124 valence electrons. The maximum Gasteiger partial charge on any atom is 0.0385 e. The van der Waals surface area contributed by atoms with E-state index in [1.165, 1.54) is 44.2 Å². The average Bonchev–Trinajstić information content (AvgIpc) is 2.59. The number of anilines is 3. The Morgan fingerprint density at radius 3 is 2.04 bits per heavy atom. The van der Waals surface area contributed by atoms with E-state index in [-0.39, 0.29) is 0 Å². The number of benzene rings is 2. The van der Waals surface area contributed by atoms with Gasteiger partial charge in [0.15, 0.2) is 0 Å². The second-order valence-corrected chi connectivity index (χ2v) is 6.23. The van der Waals surface area contributed by atoms with E-state index in [2.05, 4.69) is 60.6 Å². The lowest BCUT2D eigenvalue weighted by atomic mass is 10.1. The predicted molar refractivity (Wildman–Crippen MR) is 103 cm³/mol. The Kier molecular flexibility index (Phi) is 7.51. The zero-order valence-electron chi connectivity index (χ0n) is 14.6. The first kappa shape index (κ1) is 17.4. The largest absolute Gasteiger partial charge is 0.375 e. The molecule has 0 bridgehead atoms. The van der Waals surface area contributed by atoms with Crippen molar-refractivity contribution in [3.05, 3.63) is 54.6 Å². The van der Waals surface area contributed by atoms with E-state index in [0.29, 0.717) is 0 Å². The third-order valence-corrected chi connectivity index (χ3v) is 4.22. The van der Waals surface area contributed by atoms with Crippen LogP contribution in [-0.4, -0.2) is 13.6 Å². The Balaban J connectivity index is 1.75. The van der Waals surface area contributed by atoms with Crippen molar-refractivity contribution in [3.63, 3.8) is 0 Å². The normalized spacial score (nSPS) is 10.5. The van der Waals surface area contributed by atoms with Gasteiger partial charge in [0.1, 0.15) is 0 Å². The molecule has 0 amide bonds. The molecule has 2 rings (SSSR count). The predicted octanol–water partition coefficient (Wildman–Crippen LogP) is 6.23. The van der Waals surface area contributed by atoms with E-state index < -0.39 is 0 Å². The average molecular weight is 310 g/mol. The standard InChI is InChI=1S/C21H30N2/c1-3-4-5-6-7-11-18-23(2)21-16-14-20(15-17-21)22-19-12-9-8-10-13-19/h8-10,12-17,22H,3-7,11,18H2,1-2H3. The summed E-state index contributed by atoms with van der Waals surface area (Å²) in [4.78, 5) is 2.35. The van der Waals surface area contributed by atoms with Gasteiger partial charge < -0.3 is 10.2 Å². The highest BCUT2D eigenvalue weighted by Crippen LogP contribution is 2.20. The molecule has 2 heteroatoms. The first-order chi connectivity index (χ1) is 11.3. The van der Waals surface area contributed by atoms with Crippen molar-refractivity contribution in [1.29, 1.82) is 0 Å². The molecule has 0 aliphatic rings. The fraction of sp³-hybridized carbons (Fsp3) is 0.429. The summed E-state index contributed by atoms with van der Waals surface area (Å²) in [7, 11) is 2.19. The van der Waals surface area contributed by atoms with Crippen LogP contribution in [0.25, 0.3) is 0 Å². The maximum atomic E-state index is 3.42. The molecule has 1 N–H and O–H groups in total. The van der Waals surface area contributed by atoms with Crippen LogP contribution >= 0.6 is 0 Å². The number of hydrogen-bond donors (Lipinski definition) is 1. The summed E-state index contributed by atoms with van der Waals surface area (Å²) in [5, 5.41) is 3.42. The lowest BCUT2D eigenvalue weighted by Gasteiger charge is -2.19. The lowest BCUT2D eigenvalue weighted by molar-refractivity contribution is 0.606. The number of unbranched alkanes of at least 4 members (excludes halogenated alkanes) is 5. The van der Waals surface area contributed by atoms with Gasteiger partial charge in [-0.05, 0) is 42.8 Å². The van der Waals surface area contributed by atoms with Crippen molar-refractivity contribution >= 4 is 17.1 Å². The molecular formula is C21H30N2. The van der Waals surface area contributed by atoms with Crippen LogP contribution in [0.3, 0.4) is 0 Å². The Labute approximate surface area is 141 Å². The van der Waals surface area contributed by atoms with Crippen LogP contribution in [0.2, 0.25) is 0 Å². The quantitative estimate of drug-likeness (QED) is 0.523. The highest BCUT2D eigenvalue weighted by Gasteiger charge is 2.01. The minimum absolute atomic E-state index is 1.13. The lowest BCUT2D eigenvalue weighted by Crippen LogP contribution is -2.18. The number of rotatable bonds is 10. The minimum atomic E-state index is 1.13. The van der Waals surface area contributed by atoms with Gasteiger partial charge in [0.05, 0.1) is 0 Å². The van der Waals surface area contributed by atoms with Gasteiger partial charge in [-0.2, -0.15) is 0 Å². The molecule has 0 saturated carbocycles. The number of nitrogens with one attached hydrogen (secondary N) is 1.